The van der Waals surface area contributed by atoms with E-state index in [1.165, 1.54) is 27.9 Å². The first-order valence-electron chi connectivity index (χ1n) is 31.0. The van der Waals surface area contributed by atoms with Crippen LogP contribution in [0.5, 0.6) is 0 Å². The zero-order valence-corrected chi connectivity index (χ0v) is 53.4. The Hall–Kier alpha value is -5.57. The summed E-state index contributed by atoms with van der Waals surface area (Å²) < 4.78 is 60.4. The minimum absolute atomic E-state index is 0.0313. The van der Waals surface area contributed by atoms with Crippen LogP contribution >= 0.6 is 0 Å². The molecule has 0 radical (unpaired) electrons. The molecule has 17 unspecified atom stereocenters. The molecule has 38 nitrogen and oxygen atoms in total. The lowest BCUT2D eigenvalue weighted by Gasteiger charge is -2.42. The van der Waals surface area contributed by atoms with Gasteiger partial charge in [0.25, 0.3) is 0 Å². The molecule has 542 valence electrons. The van der Waals surface area contributed by atoms with Gasteiger partial charge in [0.15, 0.2) is 18.9 Å². The molecule has 3 aliphatic rings. The van der Waals surface area contributed by atoms with E-state index in [2.05, 4.69) is 47.9 Å². The number of carbonyl (C=O) groups is 9. The summed E-state index contributed by atoms with van der Waals surface area (Å²) in [7, 11) is 1.52. The Kier molecular flexibility index (Phi) is 40.9. The van der Waals surface area contributed by atoms with E-state index in [4.69, 9.17) is 52.1 Å². The molecule has 3 aliphatic heterocycles. The van der Waals surface area contributed by atoms with Crippen LogP contribution in [-0.2, 0) is 95.3 Å². The average molecular weight is 1360 g/mol. The van der Waals surface area contributed by atoms with Crippen molar-refractivity contribution >= 4 is 53.2 Å². The number of nitrogens with one attached hydrogen (secondary N) is 9. The number of aliphatic hydroxyl groups excluding tert-OH is 9. The first kappa shape index (κ1) is 82.7. The van der Waals surface area contributed by atoms with Crippen LogP contribution in [0, 0.1) is 0 Å². The highest BCUT2D eigenvalue weighted by atomic mass is 16.7. The van der Waals surface area contributed by atoms with Gasteiger partial charge < -0.3 is 146 Å². The van der Waals surface area contributed by atoms with Crippen LogP contribution in [0.15, 0.2) is 0 Å². The second kappa shape index (κ2) is 46.6. The quantitative estimate of drug-likeness (QED) is 0.0252. The van der Waals surface area contributed by atoms with E-state index in [1.807, 2.05) is 0 Å². The van der Waals surface area contributed by atoms with Crippen LogP contribution in [0.3, 0.4) is 0 Å². The number of methoxy groups -OCH3 is 1. The second-order valence-corrected chi connectivity index (χ2v) is 21.8. The lowest BCUT2D eigenvalue weighted by atomic mass is 9.97. The number of carbonyl (C=O) groups excluding carboxylic acids is 9. The maximum Gasteiger partial charge on any atom is 0.242 e. The predicted molar refractivity (Wildman–Crippen MR) is 317 cm³/mol. The molecule has 3 heterocycles. The van der Waals surface area contributed by atoms with E-state index in [0.29, 0.717) is 13.2 Å². The van der Waals surface area contributed by atoms with Gasteiger partial charge in [0, 0.05) is 79.7 Å². The molecule has 3 rings (SSSR count). The highest BCUT2D eigenvalue weighted by Gasteiger charge is 2.48. The van der Waals surface area contributed by atoms with Crippen molar-refractivity contribution in [2.75, 3.05) is 132 Å². The third-order valence-corrected chi connectivity index (χ3v) is 14.4. The number of hydrogen-bond acceptors (Lipinski definition) is 29. The molecule has 17 atom stereocenters. The van der Waals surface area contributed by atoms with E-state index in [9.17, 15) is 89.1 Å². The van der Waals surface area contributed by atoms with Gasteiger partial charge in [-0.1, -0.05) is 0 Å². The molecule has 0 aliphatic carbocycles. The van der Waals surface area contributed by atoms with Crippen molar-refractivity contribution < 1.29 is 141 Å². The molecule has 0 aromatic carbocycles. The summed E-state index contributed by atoms with van der Waals surface area (Å²) in [4.78, 5) is 115. The largest absolute Gasteiger partial charge is 0.394 e. The van der Waals surface area contributed by atoms with Crippen LogP contribution in [0.25, 0.3) is 0 Å². The van der Waals surface area contributed by atoms with Crippen molar-refractivity contribution in [2.45, 2.75) is 170 Å². The molecule has 94 heavy (non-hydrogen) atoms. The van der Waals surface area contributed by atoms with Gasteiger partial charge in [-0.25, -0.2) is 0 Å². The van der Waals surface area contributed by atoms with Gasteiger partial charge in [-0.3, -0.25) is 43.2 Å². The number of aliphatic hydroxyl groups is 9. The summed E-state index contributed by atoms with van der Waals surface area (Å²) >= 11 is 0. The van der Waals surface area contributed by atoms with Gasteiger partial charge >= 0.3 is 0 Å². The lowest BCUT2D eigenvalue weighted by Crippen LogP contribution is -2.64. The number of hydrogen-bond donors (Lipinski definition) is 18. The van der Waals surface area contributed by atoms with Crippen molar-refractivity contribution in [1.82, 2.24) is 47.9 Å². The number of rotatable bonds is 47. The van der Waals surface area contributed by atoms with Crippen molar-refractivity contribution in [3.63, 3.8) is 0 Å². The minimum Gasteiger partial charge on any atom is -0.394 e. The summed E-state index contributed by atoms with van der Waals surface area (Å²) in [5.41, 5.74) is 0. The zero-order valence-electron chi connectivity index (χ0n) is 53.4. The highest BCUT2D eigenvalue weighted by Crippen LogP contribution is 2.25. The Morgan fingerprint density at radius 1 is 0.383 bits per heavy atom. The third-order valence-electron chi connectivity index (χ3n) is 14.4. The lowest BCUT2D eigenvalue weighted by molar-refractivity contribution is -0.272. The van der Waals surface area contributed by atoms with Gasteiger partial charge in [0.1, 0.15) is 85.1 Å². The van der Waals surface area contributed by atoms with Gasteiger partial charge in [-0.2, -0.15) is 0 Å². The molecule has 0 bridgehead atoms. The normalized spacial score (nSPS) is 26.6. The summed E-state index contributed by atoms with van der Waals surface area (Å²) in [6.07, 6.45) is -18.2. The van der Waals surface area contributed by atoms with E-state index in [0.717, 1.165) is 0 Å². The standard InChI is InChI=1S/C56H99N9O29/c1-31(69)61-43-49(79)46(76)36(28-66)92-54(43)89-25-22-86-17-13-58-40(73)10-8-34(52(82)59-14-18-87-23-26-90-55-44(62-32(2)70)50(80)47(77)37(29-67)93-55)65-42(75)11-9-35(64-41(74)7-5-6-39(72)57-12-16-85-21-20-84-4)53(83)60-15-19-88-24-27-91-56-45(63-33(3)71)51(81)48(78)38(30-68)94-56/h34-38,43-51,54-56,66-68,76-81H,5-30H2,1-4H3,(H,57,72)(H,58,73)(H,59,82)(H,60,83)(H,61,69)(H,62,70)(H,63,71)(H,64,74)(H,65,75). The fourth-order valence-electron chi connectivity index (χ4n) is 9.53. The molecule has 38 heteroatoms. The topological polar surface area (TPSA) is 546 Å². The van der Waals surface area contributed by atoms with Crippen molar-refractivity contribution in [3.8, 4) is 0 Å². The van der Waals surface area contributed by atoms with Crippen LogP contribution in [0.1, 0.15) is 65.7 Å². The summed E-state index contributed by atoms with van der Waals surface area (Å²) in [6.45, 7) is 1.38. The molecule has 0 aromatic rings. The van der Waals surface area contributed by atoms with Gasteiger partial charge in [-0.05, 0) is 19.3 Å². The predicted octanol–water partition coefficient (Wildman–Crippen LogP) is -10.3. The Labute approximate surface area is 543 Å². The molecule has 3 saturated heterocycles. The Morgan fingerprint density at radius 3 is 1.01 bits per heavy atom. The van der Waals surface area contributed by atoms with E-state index in [1.54, 1.807) is 0 Å². The maximum absolute atomic E-state index is 13.7. The molecular formula is C56H99N9O29. The van der Waals surface area contributed by atoms with Gasteiger partial charge in [-0.15, -0.1) is 0 Å². The van der Waals surface area contributed by atoms with Gasteiger partial charge in [0.2, 0.25) is 53.2 Å². The van der Waals surface area contributed by atoms with E-state index in [-0.39, 0.29) is 137 Å². The van der Waals surface area contributed by atoms with E-state index < -0.39 is 178 Å². The monoisotopic (exact) mass is 1360 g/mol. The van der Waals surface area contributed by atoms with Crippen LogP contribution in [0.2, 0.25) is 0 Å². The molecule has 3 fully saturated rings. The SMILES string of the molecule is COCCOCCNC(=O)CCCC(=O)NC(CCC(=O)NC(CCC(=O)NCCOCCOC1OC(CO)C(O)C(O)C1NC(C)=O)C(=O)NCCOCCOC1OC(CO)C(O)C(O)C1NC(C)=O)C(=O)NCCOCCOC1OC(CO)C(O)C(O)C1NC(C)=O. The maximum atomic E-state index is 13.7. The van der Waals surface area contributed by atoms with Crippen molar-refractivity contribution in [2.24, 2.45) is 0 Å². The zero-order chi connectivity index (χ0) is 69.5. The highest BCUT2D eigenvalue weighted by molar-refractivity contribution is 5.90. The number of amides is 9. The molecule has 0 saturated carbocycles. The first-order chi connectivity index (χ1) is 45.0. The Morgan fingerprint density at radius 2 is 0.681 bits per heavy atom. The molecule has 9 amide bonds. The molecular weight excluding hydrogens is 1260 g/mol. The van der Waals surface area contributed by atoms with Crippen LogP contribution < -0.4 is 47.9 Å². The van der Waals surface area contributed by atoms with Gasteiger partial charge in [0.05, 0.1) is 99.1 Å². The summed E-state index contributed by atoms with van der Waals surface area (Å²) in [5, 5.41) is 114. The summed E-state index contributed by atoms with van der Waals surface area (Å²) in [6, 6.07) is -6.27. The van der Waals surface area contributed by atoms with Crippen LogP contribution in [-0.4, -0.2) is 336 Å². The fourth-order valence-corrected chi connectivity index (χ4v) is 9.53. The molecule has 0 spiro atoms. The fraction of sp³-hybridized carbons (Fsp3) is 0.839. The summed E-state index contributed by atoms with van der Waals surface area (Å²) in [5.74, 6) is -5.48. The average Bonchev–Trinajstić information content (AvgIpc) is 0.892. The molecule has 0 aromatic heterocycles. The Balaban J connectivity index is 1.63. The first-order valence-corrected chi connectivity index (χ1v) is 31.0. The Bertz CT molecular complexity index is 2270. The smallest absolute Gasteiger partial charge is 0.242 e. The third kappa shape index (κ3) is 31.1. The molecule has 18 N–H and O–H groups in total. The van der Waals surface area contributed by atoms with Crippen LogP contribution in [0.4, 0.5) is 0 Å². The van der Waals surface area contributed by atoms with Crippen molar-refractivity contribution in [1.29, 1.82) is 0 Å². The van der Waals surface area contributed by atoms with Crippen molar-refractivity contribution in [3.05, 3.63) is 0 Å². The van der Waals surface area contributed by atoms with E-state index >= 15 is 0 Å². The second-order valence-electron chi connectivity index (χ2n) is 21.8. The minimum atomic E-state index is -1.55. The number of ether oxygens (including phenoxy) is 11.